The lowest BCUT2D eigenvalue weighted by Gasteiger charge is -2.27. The number of aliphatic hydroxyl groups excluding tert-OH is 1. The molecule has 12 nitrogen and oxygen atoms in total. The second kappa shape index (κ2) is 6.72. The zero-order valence-electron chi connectivity index (χ0n) is 14.5. The van der Waals surface area contributed by atoms with Crippen LogP contribution in [0, 0.1) is 10.1 Å². The molecule has 0 saturated carbocycles. The second-order valence-corrected chi connectivity index (χ2v) is 6.25. The largest absolute Gasteiger partial charge is 0.393 e. The molecule has 0 atom stereocenters. The van der Waals surface area contributed by atoms with Crippen LogP contribution in [-0.4, -0.2) is 69.8 Å². The molecular formula is C15H17N9O3. The molecule has 1 aliphatic heterocycles. The first-order valence-corrected chi connectivity index (χ1v) is 8.38. The van der Waals surface area contributed by atoms with Crippen LogP contribution in [0.2, 0.25) is 0 Å². The van der Waals surface area contributed by atoms with Crippen LogP contribution in [0.15, 0.2) is 23.3 Å². The number of rotatable bonds is 4. The Labute approximate surface area is 152 Å². The third kappa shape index (κ3) is 3.21. The van der Waals surface area contributed by atoms with E-state index in [-0.39, 0.29) is 17.7 Å². The van der Waals surface area contributed by atoms with E-state index in [1.165, 1.54) is 22.3 Å². The van der Waals surface area contributed by atoms with E-state index in [9.17, 15) is 15.2 Å². The molecule has 0 unspecified atom stereocenters. The Bertz CT molecular complexity index is 1020. The van der Waals surface area contributed by atoms with Crippen LogP contribution in [0.1, 0.15) is 12.8 Å². The van der Waals surface area contributed by atoms with Gasteiger partial charge in [-0.1, -0.05) is 0 Å². The van der Waals surface area contributed by atoms with E-state index in [1.807, 2.05) is 4.90 Å². The zero-order valence-corrected chi connectivity index (χ0v) is 14.5. The zero-order chi connectivity index (χ0) is 19.0. The van der Waals surface area contributed by atoms with Gasteiger partial charge in [0.1, 0.15) is 6.20 Å². The molecule has 27 heavy (non-hydrogen) atoms. The van der Waals surface area contributed by atoms with Crippen LogP contribution in [-0.2, 0) is 7.05 Å². The summed E-state index contributed by atoms with van der Waals surface area (Å²) in [5.41, 5.74) is 0.482. The van der Waals surface area contributed by atoms with Crippen molar-refractivity contribution in [2.24, 2.45) is 12.0 Å². The number of aliphatic hydroxyl groups is 1. The molecule has 1 saturated heterocycles. The quantitative estimate of drug-likeness (QED) is 0.303. The summed E-state index contributed by atoms with van der Waals surface area (Å²) in [5, 5.41) is 33.1. The van der Waals surface area contributed by atoms with Crippen LogP contribution in [0.25, 0.3) is 17.3 Å². The summed E-state index contributed by atoms with van der Waals surface area (Å²) in [5.74, 6) is 0.869. The van der Waals surface area contributed by atoms with E-state index in [2.05, 4.69) is 25.3 Å². The van der Waals surface area contributed by atoms with Crippen LogP contribution >= 0.6 is 0 Å². The van der Waals surface area contributed by atoms with Crippen LogP contribution in [0.5, 0.6) is 0 Å². The number of aliphatic imine (C=N–C) groups is 1. The van der Waals surface area contributed by atoms with Crippen LogP contribution < -0.4 is 0 Å². The van der Waals surface area contributed by atoms with E-state index in [4.69, 9.17) is 0 Å². The molecule has 0 amide bonds. The van der Waals surface area contributed by atoms with Gasteiger partial charge in [0.2, 0.25) is 5.82 Å². The number of piperidine rings is 1. The highest BCUT2D eigenvalue weighted by Crippen LogP contribution is 2.22. The average molecular weight is 371 g/mol. The molecule has 140 valence electrons. The molecule has 3 aromatic heterocycles. The molecular weight excluding hydrogens is 354 g/mol. The number of imidazole rings is 1. The second-order valence-electron chi connectivity index (χ2n) is 6.25. The van der Waals surface area contributed by atoms with Crippen LogP contribution in [0.4, 0.5) is 11.6 Å². The summed E-state index contributed by atoms with van der Waals surface area (Å²) in [6, 6.07) is 3.43. The Morgan fingerprint density at radius 2 is 2.07 bits per heavy atom. The van der Waals surface area contributed by atoms with Gasteiger partial charge in [-0.2, -0.15) is 4.52 Å². The number of fused-ring (bicyclic) bond motifs is 1. The average Bonchev–Trinajstić information content (AvgIpc) is 3.24. The molecule has 1 fully saturated rings. The summed E-state index contributed by atoms with van der Waals surface area (Å²) in [4.78, 5) is 21.0. The van der Waals surface area contributed by atoms with Gasteiger partial charge in [-0.3, -0.25) is 0 Å². The molecule has 3 aromatic rings. The first-order valence-electron chi connectivity index (χ1n) is 8.38. The Morgan fingerprint density at radius 1 is 1.30 bits per heavy atom. The number of likely N-dealkylation sites (tertiary alicyclic amines) is 1. The maximum absolute atomic E-state index is 11.0. The maximum atomic E-state index is 11.0. The molecule has 4 rings (SSSR count). The SMILES string of the molecule is Cn1c([N+](=O)[O-])cnc1-c1nnc2ccc(N=CN3CCC(O)CC3)nn12. The van der Waals surface area contributed by atoms with Gasteiger partial charge in [0, 0.05) is 13.1 Å². The Balaban J connectivity index is 1.65. The first-order chi connectivity index (χ1) is 13.0. The van der Waals surface area contributed by atoms with Crippen molar-refractivity contribution in [2.45, 2.75) is 18.9 Å². The predicted molar refractivity (Wildman–Crippen MR) is 94.6 cm³/mol. The minimum Gasteiger partial charge on any atom is -0.393 e. The van der Waals surface area contributed by atoms with Gasteiger partial charge in [-0.25, -0.2) is 14.5 Å². The number of hydrogen-bond acceptors (Lipinski definition) is 8. The number of nitrogens with zero attached hydrogens (tertiary/aromatic N) is 9. The highest BCUT2D eigenvalue weighted by molar-refractivity contribution is 5.61. The minimum atomic E-state index is -0.515. The van der Waals surface area contributed by atoms with Crippen molar-refractivity contribution in [3.05, 3.63) is 28.4 Å². The predicted octanol–water partition coefficient (Wildman–Crippen LogP) is 0.549. The van der Waals surface area contributed by atoms with E-state index in [0.29, 0.717) is 30.1 Å². The third-order valence-electron chi connectivity index (χ3n) is 4.45. The van der Waals surface area contributed by atoms with Gasteiger partial charge >= 0.3 is 5.82 Å². The molecule has 0 bridgehead atoms. The van der Waals surface area contributed by atoms with Crippen molar-refractivity contribution in [1.29, 1.82) is 0 Å². The van der Waals surface area contributed by atoms with Gasteiger partial charge in [-0.15, -0.1) is 15.3 Å². The Morgan fingerprint density at radius 3 is 2.78 bits per heavy atom. The van der Waals surface area contributed by atoms with E-state index in [1.54, 1.807) is 18.5 Å². The Hall–Kier alpha value is -3.41. The highest BCUT2D eigenvalue weighted by atomic mass is 16.6. The molecule has 0 aromatic carbocycles. The third-order valence-corrected chi connectivity index (χ3v) is 4.45. The lowest BCUT2D eigenvalue weighted by Crippen LogP contribution is -2.34. The first kappa shape index (κ1) is 17.0. The van der Waals surface area contributed by atoms with Gasteiger partial charge in [0.15, 0.2) is 11.5 Å². The Kier molecular flexibility index (Phi) is 4.24. The molecule has 0 aliphatic carbocycles. The highest BCUT2D eigenvalue weighted by Gasteiger charge is 2.23. The summed E-state index contributed by atoms with van der Waals surface area (Å²) < 4.78 is 2.78. The molecule has 4 heterocycles. The number of hydrogen-bond donors (Lipinski definition) is 1. The van der Waals surface area contributed by atoms with Crippen molar-refractivity contribution in [1.82, 2.24) is 34.3 Å². The fourth-order valence-electron chi connectivity index (χ4n) is 2.91. The lowest BCUT2D eigenvalue weighted by atomic mass is 10.1. The van der Waals surface area contributed by atoms with Crippen LogP contribution in [0.3, 0.4) is 0 Å². The van der Waals surface area contributed by atoms with E-state index < -0.39 is 4.92 Å². The smallest absolute Gasteiger partial charge is 0.343 e. The number of aromatic nitrogens is 6. The van der Waals surface area contributed by atoms with Crippen molar-refractivity contribution in [3.63, 3.8) is 0 Å². The fraction of sp³-hybridized carbons (Fsp3) is 0.400. The van der Waals surface area contributed by atoms with E-state index in [0.717, 1.165) is 13.1 Å². The maximum Gasteiger partial charge on any atom is 0.343 e. The van der Waals surface area contributed by atoms with Crippen molar-refractivity contribution in [3.8, 4) is 11.6 Å². The molecule has 1 N–H and O–H groups in total. The fourth-order valence-corrected chi connectivity index (χ4v) is 2.91. The van der Waals surface area contributed by atoms with Gasteiger partial charge in [0.25, 0.3) is 5.82 Å². The van der Waals surface area contributed by atoms with E-state index >= 15 is 0 Å². The summed E-state index contributed by atoms with van der Waals surface area (Å²) in [7, 11) is 1.54. The minimum absolute atomic E-state index is 0.150. The van der Waals surface area contributed by atoms with Gasteiger partial charge in [0.05, 0.1) is 19.5 Å². The molecule has 1 aliphatic rings. The standard InChI is InChI=1S/C15H17N9O3/c1-21-13(24(26)27)8-16-14(21)15-19-18-12-3-2-11(20-23(12)15)17-9-22-6-4-10(25)5-7-22/h2-3,8-10,25H,4-7H2,1H3. The van der Waals surface area contributed by atoms with Gasteiger partial charge < -0.3 is 20.1 Å². The summed E-state index contributed by atoms with van der Waals surface area (Å²) in [6.07, 6.45) is 4.06. The molecule has 0 radical (unpaired) electrons. The lowest BCUT2D eigenvalue weighted by molar-refractivity contribution is -0.391. The monoisotopic (exact) mass is 371 g/mol. The topological polar surface area (TPSA) is 140 Å². The van der Waals surface area contributed by atoms with Gasteiger partial charge in [-0.05, 0) is 29.9 Å². The van der Waals surface area contributed by atoms with Crippen molar-refractivity contribution in [2.75, 3.05) is 13.1 Å². The summed E-state index contributed by atoms with van der Waals surface area (Å²) in [6.45, 7) is 1.48. The molecule has 0 spiro atoms. The molecule has 12 heteroatoms. The van der Waals surface area contributed by atoms with Crippen molar-refractivity contribution < 1.29 is 10.0 Å². The normalized spacial score (nSPS) is 15.9. The summed E-state index contributed by atoms with van der Waals surface area (Å²) >= 11 is 0. The number of nitro groups is 1. The van der Waals surface area contributed by atoms with Crippen molar-refractivity contribution >= 4 is 23.6 Å².